The fourth-order valence-electron chi connectivity index (χ4n) is 3.51. The summed E-state index contributed by atoms with van der Waals surface area (Å²) in [7, 11) is 1.66. The molecular formula is C19H22N2O3S. The number of thiophene rings is 1. The third-order valence-corrected chi connectivity index (χ3v) is 6.19. The molecule has 1 heterocycles. The molecule has 0 bridgehead atoms. The molecule has 0 saturated carbocycles. The van der Waals surface area contributed by atoms with Crippen LogP contribution in [0.5, 0.6) is 5.75 Å². The number of carbonyl (C=O) groups excluding carboxylic acids is 2. The number of benzene rings is 1. The van der Waals surface area contributed by atoms with Gasteiger partial charge in [0.2, 0.25) is 5.91 Å². The summed E-state index contributed by atoms with van der Waals surface area (Å²) in [6.45, 7) is 5.76. The average molecular weight is 358 g/mol. The topological polar surface area (TPSA) is 81.4 Å². The quantitative estimate of drug-likeness (QED) is 0.874. The third kappa shape index (κ3) is 2.80. The van der Waals surface area contributed by atoms with Crippen LogP contribution in [0.2, 0.25) is 0 Å². The monoisotopic (exact) mass is 358 g/mol. The van der Waals surface area contributed by atoms with Crippen LogP contribution in [0.3, 0.4) is 0 Å². The highest BCUT2D eigenvalue weighted by Gasteiger charge is 2.38. The number of hydrogen-bond donors (Lipinski definition) is 2. The summed E-state index contributed by atoms with van der Waals surface area (Å²) in [5, 5.41) is 3.30. The molecule has 132 valence electrons. The number of methoxy groups -OCH3 is 1. The van der Waals surface area contributed by atoms with Gasteiger partial charge in [0, 0.05) is 11.8 Å². The van der Waals surface area contributed by atoms with Crippen molar-refractivity contribution < 1.29 is 14.3 Å². The molecule has 0 saturated heterocycles. The number of carbonyl (C=O) groups is 2. The van der Waals surface area contributed by atoms with E-state index in [-0.39, 0.29) is 11.3 Å². The zero-order chi connectivity index (χ0) is 18.4. The third-order valence-electron chi connectivity index (χ3n) is 5.01. The van der Waals surface area contributed by atoms with Crippen LogP contribution in [0.25, 0.3) is 10.4 Å². The van der Waals surface area contributed by atoms with Gasteiger partial charge in [-0.3, -0.25) is 9.59 Å². The van der Waals surface area contributed by atoms with E-state index in [0.29, 0.717) is 17.0 Å². The number of nitrogens with two attached hydrogens (primary N) is 1. The van der Waals surface area contributed by atoms with Gasteiger partial charge in [-0.2, -0.15) is 0 Å². The molecule has 5 nitrogen and oxygen atoms in total. The molecule has 1 atom stereocenters. The Hall–Kier alpha value is -2.34. The van der Waals surface area contributed by atoms with Gasteiger partial charge in [-0.05, 0) is 53.1 Å². The number of rotatable bonds is 4. The Morgan fingerprint density at radius 3 is 2.68 bits per heavy atom. The number of nitrogens with one attached hydrogen (secondary N) is 1. The molecule has 1 aromatic carbocycles. The second kappa shape index (κ2) is 6.19. The van der Waals surface area contributed by atoms with Crippen molar-refractivity contribution in [1.29, 1.82) is 0 Å². The van der Waals surface area contributed by atoms with E-state index >= 15 is 0 Å². The van der Waals surface area contributed by atoms with E-state index in [9.17, 15) is 9.59 Å². The van der Waals surface area contributed by atoms with E-state index in [1.165, 1.54) is 23.8 Å². The first kappa shape index (κ1) is 17.5. The zero-order valence-electron chi connectivity index (χ0n) is 14.9. The number of primary amides is 1. The second-order valence-electron chi connectivity index (χ2n) is 6.66. The Morgan fingerprint density at radius 1 is 1.40 bits per heavy atom. The van der Waals surface area contributed by atoms with Gasteiger partial charge in [0.1, 0.15) is 10.8 Å². The molecule has 3 N–H and O–H groups in total. The van der Waals surface area contributed by atoms with Crippen LogP contribution in [0.1, 0.15) is 48.7 Å². The van der Waals surface area contributed by atoms with Crippen molar-refractivity contribution in [3.8, 4) is 16.2 Å². The standard InChI is InChI=1S/C19H22N2O3S/c1-5-19(3)9-13-15(17(20)23)18(21-10(2)22)25-16(13)12-7-6-11(24-4)8-14(12)19/h6-8H,5,9H2,1-4H3,(H2,20,23)(H,21,22). The lowest BCUT2D eigenvalue weighted by Crippen LogP contribution is -2.29. The highest BCUT2D eigenvalue weighted by atomic mass is 32.1. The first-order valence-electron chi connectivity index (χ1n) is 8.22. The van der Waals surface area contributed by atoms with Crippen LogP contribution in [-0.4, -0.2) is 18.9 Å². The van der Waals surface area contributed by atoms with Crippen molar-refractivity contribution in [2.24, 2.45) is 5.73 Å². The molecule has 0 radical (unpaired) electrons. The van der Waals surface area contributed by atoms with Crippen LogP contribution < -0.4 is 15.8 Å². The molecule has 6 heteroatoms. The molecule has 0 spiro atoms. The maximum Gasteiger partial charge on any atom is 0.252 e. The van der Waals surface area contributed by atoms with Crippen LogP contribution >= 0.6 is 11.3 Å². The molecule has 1 aliphatic rings. The Bertz CT molecular complexity index is 872. The smallest absolute Gasteiger partial charge is 0.252 e. The van der Waals surface area contributed by atoms with E-state index in [4.69, 9.17) is 10.5 Å². The molecule has 1 aliphatic carbocycles. The first-order valence-corrected chi connectivity index (χ1v) is 9.04. The number of hydrogen-bond acceptors (Lipinski definition) is 4. The van der Waals surface area contributed by atoms with Crippen molar-refractivity contribution in [3.05, 3.63) is 34.9 Å². The molecule has 1 unspecified atom stereocenters. The SMILES string of the molecule is CCC1(C)Cc2c(sc(NC(C)=O)c2C(N)=O)-c2ccc(OC)cc21. The Kier molecular flexibility index (Phi) is 4.33. The van der Waals surface area contributed by atoms with Crippen LogP contribution in [-0.2, 0) is 16.6 Å². The van der Waals surface area contributed by atoms with Gasteiger partial charge in [-0.15, -0.1) is 11.3 Å². The number of ether oxygens (including phenoxy) is 1. The summed E-state index contributed by atoms with van der Waals surface area (Å²) >= 11 is 1.41. The zero-order valence-corrected chi connectivity index (χ0v) is 15.7. The lowest BCUT2D eigenvalue weighted by atomic mass is 9.69. The minimum absolute atomic E-state index is 0.129. The number of amides is 2. The summed E-state index contributed by atoms with van der Waals surface area (Å²) < 4.78 is 5.40. The molecular weight excluding hydrogens is 336 g/mol. The fraction of sp³-hybridized carbons (Fsp3) is 0.368. The van der Waals surface area contributed by atoms with E-state index in [1.807, 2.05) is 12.1 Å². The molecule has 1 aromatic heterocycles. The van der Waals surface area contributed by atoms with Gasteiger partial charge in [0.25, 0.3) is 5.91 Å². The van der Waals surface area contributed by atoms with Crippen molar-refractivity contribution in [3.63, 3.8) is 0 Å². The number of anilines is 1. The van der Waals surface area contributed by atoms with Gasteiger partial charge >= 0.3 is 0 Å². The molecule has 3 rings (SSSR count). The van der Waals surface area contributed by atoms with Gasteiger partial charge in [0.05, 0.1) is 12.7 Å². The summed E-state index contributed by atoms with van der Waals surface area (Å²) in [4.78, 5) is 24.6. The summed E-state index contributed by atoms with van der Waals surface area (Å²) in [6.07, 6.45) is 1.61. The Balaban J connectivity index is 2.29. The lowest BCUT2D eigenvalue weighted by Gasteiger charge is -2.35. The van der Waals surface area contributed by atoms with Gasteiger partial charge < -0.3 is 15.8 Å². The molecule has 25 heavy (non-hydrogen) atoms. The van der Waals surface area contributed by atoms with E-state index < -0.39 is 5.91 Å². The van der Waals surface area contributed by atoms with E-state index in [0.717, 1.165) is 28.2 Å². The maximum absolute atomic E-state index is 12.1. The average Bonchev–Trinajstić information content (AvgIpc) is 2.91. The second-order valence-corrected chi connectivity index (χ2v) is 7.68. The predicted molar refractivity (Wildman–Crippen MR) is 100 cm³/mol. The highest BCUT2D eigenvalue weighted by Crippen LogP contribution is 2.52. The molecule has 0 aliphatic heterocycles. The van der Waals surface area contributed by atoms with E-state index in [1.54, 1.807) is 7.11 Å². The highest BCUT2D eigenvalue weighted by molar-refractivity contribution is 7.20. The first-order chi connectivity index (χ1) is 11.8. The normalized spacial score (nSPS) is 18.2. The van der Waals surface area contributed by atoms with E-state index in [2.05, 4.69) is 25.2 Å². The van der Waals surface area contributed by atoms with Gasteiger partial charge in [-0.25, -0.2) is 0 Å². The van der Waals surface area contributed by atoms with Crippen molar-refractivity contribution in [2.75, 3.05) is 12.4 Å². The lowest BCUT2D eigenvalue weighted by molar-refractivity contribution is -0.114. The molecule has 2 aromatic rings. The fourth-order valence-corrected chi connectivity index (χ4v) is 4.82. The molecule has 0 fully saturated rings. The van der Waals surface area contributed by atoms with Crippen LogP contribution in [0.4, 0.5) is 5.00 Å². The maximum atomic E-state index is 12.1. The summed E-state index contributed by atoms with van der Waals surface area (Å²) in [6, 6.07) is 6.02. The van der Waals surface area contributed by atoms with Crippen LogP contribution in [0, 0.1) is 0 Å². The largest absolute Gasteiger partial charge is 0.497 e. The van der Waals surface area contributed by atoms with Crippen molar-refractivity contribution in [2.45, 2.75) is 39.0 Å². The Labute approximate surface area is 151 Å². The molecule has 2 amide bonds. The van der Waals surface area contributed by atoms with Crippen molar-refractivity contribution >= 4 is 28.2 Å². The van der Waals surface area contributed by atoms with Crippen LogP contribution in [0.15, 0.2) is 18.2 Å². The van der Waals surface area contributed by atoms with Gasteiger partial charge in [-0.1, -0.05) is 13.8 Å². The summed E-state index contributed by atoms with van der Waals surface area (Å²) in [5.41, 5.74) is 9.18. The number of fused-ring (bicyclic) bond motifs is 3. The summed E-state index contributed by atoms with van der Waals surface area (Å²) in [5.74, 6) is 0.0987. The minimum atomic E-state index is -0.503. The predicted octanol–water partition coefficient (Wildman–Crippen LogP) is 3.70. The Morgan fingerprint density at radius 2 is 2.12 bits per heavy atom. The van der Waals surface area contributed by atoms with Gasteiger partial charge in [0.15, 0.2) is 0 Å². The minimum Gasteiger partial charge on any atom is -0.497 e. The van der Waals surface area contributed by atoms with Crippen molar-refractivity contribution in [1.82, 2.24) is 0 Å².